The van der Waals surface area contributed by atoms with Gasteiger partial charge in [-0.3, -0.25) is 14.7 Å². The summed E-state index contributed by atoms with van der Waals surface area (Å²) in [4.78, 5) is 28.6. The lowest BCUT2D eigenvalue weighted by molar-refractivity contribution is 0.0535. The maximum Gasteiger partial charge on any atom is 0.272 e. The van der Waals surface area contributed by atoms with Gasteiger partial charge in [-0.25, -0.2) is 0 Å². The Morgan fingerprint density at radius 1 is 1.19 bits per heavy atom. The highest BCUT2D eigenvalue weighted by Crippen LogP contribution is 2.15. The van der Waals surface area contributed by atoms with Crippen molar-refractivity contribution in [3.8, 4) is 0 Å². The van der Waals surface area contributed by atoms with Gasteiger partial charge in [-0.05, 0) is 11.4 Å². The predicted molar refractivity (Wildman–Crippen MR) is 79.1 cm³/mol. The molecule has 2 aromatic rings. The number of piperazine rings is 1. The number of carbonyl (C=O) groups excluding carboxylic acids is 2. The number of nitrogens with two attached hydrogens (primary N) is 1. The fourth-order valence-corrected chi connectivity index (χ4v) is 2.98. The molecular weight excluding hydrogens is 290 g/mol. The number of aromatic amines is 1. The molecule has 110 valence electrons. The minimum absolute atomic E-state index is 0.0304. The van der Waals surface area contributed by atoms with E-state index < -0.39 is 0 Å². The van der Waals surface area contributed by atoms with Crippen LogP contribution in [0.5, 0.6) is 0 Å². The van der Waals surface area contributed by atoms with Gasteiger partial charge in [0.2, 0.25) is 0 Å². The molecule has 0 atom stereocenters. The zero-order valence-corrected chi connectivity index (χ0v) is 12.1. The lowest BCUT2D eigenvalue weighted by Gasteiger charge is -2.34. The molecule has 21 heavy (non-hydrogen) atoms. The lowest BCUT2D eigenvalue weighted by atomic mass is 10.2. The Morgan fingerprint density at radius 2 is 1.86 bits per heavy atom. The largest absolute Gasteiger partial charge is 0.382 e. The summed E-state index contributed by atoms with van der Waals surface area (Å²) in [7, 11) is 0. The van der Waals surface area contributed by atoms with Crippen molar-refractivity contribution in [1.29, 1.82) is 0 Å². The number of nitrogen functional groups attached to an aromatic ring is 1. The topological polar surface area (TPSA) is 95.3 Å². The molecule has 0 saturated carbocycles. The Labute approximate surface area is 125 Å². The van der Waals surface area contributed by atoms with Gasteiger partial charge in [0.15, 0.2) is 0 Å². The summed E-state index contributed by atoms with van der Waals surface area (Å²) in [6.45, 7) is 2.09. The summed E-state index contributed by atoms with van der Waals surface area (Å²) in [6.07, 6.45) is 0. The highest BCUT2D eigenvalue weighted by Gasteiger charge is 2.26. The molecule has 2 aromatic heterocycles. The Kier molecular flexibility index (Phi) is 3.61. The summed E-state index contributed by atoms with van der Waals surface area (Å²) in [6, 6.07) is 5.20. The van der Waals surface area contributed by atoms with E-state index in [0.717, 1.165) is 4.88 Å². The standard InChI is InChI=1S/C13H15N5O2S/c14-11-8-9(15-16-11)12(19)17-3-5-18(6-4-17)13(20)10-2-1-7-21-10/h1-2,7-8H,3-6H2,(H3,14,15,16). The van der Waals surface area contributed by atoms with Crippen LogP contribution < -0.4 is 5.73 Å². The van der Waals surface area contributed by atoms with E-state index in [1.54, 1.807) is 9.80 Å². The molecule has 0 aromatic carbocycles. The first kappa shape index (κ1) is 13.6. The Balaban J connectivity index is 1.60. The Hall–Kier alpha value is -2.35. The molecule has 1 aliphatic heterocycles. The Morgan fingerprint density at radius 3 is 2.38 bits per heavy atom. The van der Waals surface area contributed by atoms with Crippen molar-refractivity contribution >= 4 is 29.0 Å². The van der Waals surface area contributed by atoms with Crippen LogP contribution in [0, 0.1) is 0 Å². The lowest BCUT2D eigenvalue weighted by Crippen LogP contribution is -2.50. The summed E-state index contributed by atoms with van der Waals surface area (Å²) < 4.78 is 0. The average molecular weight is 305 g/mol. The van der Waals surface area contributed by atoms with Crippen LogP contribution in [-0.2, 0) is 0 Å². The average Bonchev–Trinajstić information content (AvgIpc) is 3.17. The number of hydrogen-bond acceptors (Lipinski definition) is 5. The van der Waals surface area contributed by atoms with Crippen LogP contribution in [0.1, 0.15) is 20.2 Å². The van der Waals surface area contributed by atoms with Crippen molar-refractivity contribution in [1.82, 2.24) is 20.0 Å². The molecule has 0 unspecified atom stereocenters. The van der Waals surface area contributed by atoms with Gasteiger partial charge in [-0.2, -0.15) is 5.10 Å². The third kappa shape index (κ3) is 2.75. The van der Waals surface area contributed by atoms with E-state index in [1.807, 2.05) is 17.5 Å². The van der Waals surface area contributed by atoms with E-state index in [9.17, 15) is 9.59 Å². The van der Waals surface area contributed by atoms with Crippen molar-refractivity contribution in [2.75, 3.05) is 31.9 Å². The van der Waals surface area contributed by atoms with E-state index >= 15 is 0 Å². The number of carbonyl (C=O) groups is 2. The minimum atomic E-state index is -0.137. The van der Waals surface area contributed by atoms with Crippen LogP contribution in [0.15, 0.2) is 23.6 Å². The molecule has 2 amide bonds. The minimum Gasteiger partial charge on any atom is -0.382 e. The van der Waals surface area contributed by atoms with Gasteiger partial charge in [-0.1, -0.05) is 6.07 Å². The maximum atomic E-state index is 12.2. The van der Waals surface area contributed by atoms with Crippen LogP contribution in [0.4, 0.5) is 5.82 Å². The van der Waals surface area contributed by atoms with Crippen molar-refractivity contribution in [3.05, 3.63) is 34.2 Å². The third-order valence-corrected chi connectivity index (χ3v) is 4.27. The van der Waals surface area contributed by atoms with Gasteiger partial charge in [0.25, 0.3) is 11.8 Å². The van der Waals surface area contributed by atoms with E-state index in [4.69, 9.17) is 5.73 Å². The van der Waals surface area contributed by atoms with Gasteiger partial charge >= 0.3 is 0 Å². The monoisotopic (exact) mass is 305 g/mol. The van der Waals surface area contributed by atoms with Crippen molar-refractivity contribution < 1.29 is 9.59 Å². The molecule has 7 nitrogen and oxygen atoms in total. The molecule has 0 bridgehead atoms. The molecule has 0 aliphatic carbocycles. The molecule has 3 N–H and O–H groups in total. The smallest absolute Gasteiger partial charge is 0.272 e. The highest BCUT2D eigenvalue weighted by molar-refractivity contribution is 7.12. The van der Waals surface area contributed by atoms with E-state index in [-0.39, 0.29) is 11.8 Å². The first-order valence-corrected chi connectivity index (χ1v) is 7.46. The predicted octanol–water partition coefficient (Wildman–Crippen LogP) is 0.652. The fraction of sp³-hybridized carbons (Fsp3) is 0.308. The second-order valence-corrected chi connectivity index (χ2v) is 5.72. The van der Waals surface area contributed by atoms with Crippen LogP contribution in [-0.4, -0.2) is 58.0 Å². The molecule has 3 rings (SSSR count). The number of rotatable bonds is 2. The zero-order valence-electron chi connectivity index (χ0n) is 11.3. The molecule has 3 heterocycles. The number of nitrogens with zero attached hydrogens (tertiary/aromatic N) is 3. The zero-order chi connectivity index (χ0) is 14.8. The normalized spacial score (nSPS) is 15.2. The number of nitrogens with one attached hydrogen (secondary N) is 1. The van der Waals surface area contributed by atoms with Crippen molar-refractivity contribution in [3.63, 3.8) is 0 Å². The van der Waals surface area contributed by atoms with E-state index in [0.29, 0.717) is 37.7 Å². The molecular formula is C13H15N5O2S. The van der Waals surface area contributed by atoms with E-state index in [2.05, 4.69) is 10.2 Å². The number of anilines is 1. The quantitative estimate of drug-likeness (QED) is 0.851. The van der Waals surface area contributed by atoms with Crippen LogP contribution in [0.25, 0.3) is 0 Å². The third-order valence-electron chi connectivity index (χ3n) is 3.41. The number of amides is 2. The highest BCUT2D eigenvalue weighted by atomic mass is 32.1. The van der Waals surface area contributed by atoms with Gasteiger partial charge in [0.05, 0.1) is 4.88 Å². The molecule has 0 spiro atoms. The first-order valence-electron chi connectivity index (χ1n) is 6.58. The second-order valence-electron chi connectivity index (χ2n) is 4.77. The van der Waals surface area contributed by atoms with Gasteiger partial charge < -0.3 is 15.5 Å². The number of hydrogen-bond donors (Lipinski definition) is 2. The van der Waals surface area contributed by atoms with Gasteiger partial charge in [0, 0.05) is 32.2 Å². The van der Waals surface area contributed by atoms with Crippen molar-refractivity contribution in [2.45, 2.75) is 0 Å². The molecule has 1 saturated heterocycles. The summed E-state index contributed by atoms with van der Waals surface area (Å²) in [5, 5.41) is 8.25. The van der Waals surface area contributed by atoms with E-state index in [1.165, 1.54) is 17.4 Å². The van der Waals surface area contributed by atoms with Gasteiger partial charge in [-0.15, -0.1) is 11.3 Å². The summed E-state index contributed by atoms with van der Waals surface area (Å²) in [5.41, 5.74) is 5.88. The number of aromatic nitrogens is 2. The summed E-state index contributed by atoms with van der Waals surface area (Å²) in [5.74, 6) is 0.190. The Bertz CT molecular complexity index is 643. The van der Waals surface area contributed by atoms with Crippen LogP contribution in [0.2, 0.25) is 0 Å². The molecule has 1 fully saturated rings. The second kappa shape index (κ2) is 5.57. The van der Waals surface area contributed by atoms with Crippen LogP contribution in [0.3, 0.4) is 0 Å². The summed E-state index contributed by atoms with van der Waals surface area (Å²) >= 11 is 1.43. The van der Waals surface area contributed by atoms with Gasteiger partial charge in [0.1, 0.15) is 11.5 Å². The number of H-pyrrole nitrogens is 1. The molecule has 8 heteroatoms. The first-order chi connectivity index (χ1) is 10.1. The molecule has 0 radical (unpaired) electrons. The SMILES string of the molecule is Nc1cc(C(=O)N2CCN(C(=O)c3cccs3)CC2)[nH]n1. The van der Waals surface area contributed by atoms with Crippen LogP contribution >= 0.6 is 11.3 Å². The van der Waals surface area contributed by atoms with Crippen molar-refractivity contribution in [2.24, 2.45) is 0 Å². The molecule has 1 aliphatic rings. The fourth-order valence-electron chi connectivity index (χ4n) is 2.29. The number of thiophene rings is 1. The maximum absolute atomic E-state index is 12.2.